The van der Waals surface area contributed by atoms with Gasteiger partial charge in [0.05, 0.1) is 6.26 Å². The lowest BCUT2D eigenvalue weighted by atomic mass is 10.5. The number of hydrogen-bond acceptors (Lipinski definition) is 4. The molecule has 0 rings (SSSR count). The van der Waals surface area contributed by atoms with Crippen LogP contribution >= 0.6 is 0 Å². The minimum Gasteiger partial charge on any atom is -0.401 e. The predicted molar refractivity (Wildman–Crippen MR) is 53.6 cm³/mol. The summed E-state index contributed by atoms with van der Waals surface area (Å²) in [4.78, 5) is 3.75. The molecular formula is C7H13N3O2S. The molecular weight excluding hydrogens is 190 g/mol. The van der Waals surface area contributed by atoms with Crippen LogP contribution in [-0.2, 0) is 10.0 Å². The SMILES string of the molecule is C=C/C(=N\C=C(\C)N)NS(C)(=O)=O. The van der Waals surface area contributed by atoms with Gasteiger partial charge in [-0.05, 0) is 13.0 Å². The number of nitrogens with two attached hydrogens (primary N) is 1. The van der Waals surface area contributed by atoms with E-state index < -0.39 is 10.0 Å². The summed E-state index contributed by atoms with van der Waals surface area (Å²) in [5, 5.41) is 0. The molecule has 0 aromatic heterocycles. The van der Waals surface area contributed by atoms with E-state index in [-0.39, 0.29) is 5.84 Å². The zero-order chi connectivity index (χ0) is 10.5. The molecule has 13 heavy (non-hydrogen) atoms. The molecule has 6 heteroatoms. The van der Waals surface area contributed by atoms with E-state index in [1.165, 1.54) is 12.3 Å². The maximum Gasteiger partial charge on any atom is 0.230 e. The molecule has 0 aliphatic rings. The third-order valence-electron chi connectivity index (χ3n) is 0.891. The van der Waals surface area contributed by atoms with Crippen molar-refractivity contribution in [1.29, 1.82) is 0 Å². The van der Waals surface area contributed by atoms with Crippen molar-refractivity contribution in [3.05, 3.63) is 24.6 Å². The fourth-order valence-corrected chi connectivity index (χ4v) is 0.998. The third-order valence-corrected chi connectivity index (χ3v) is 1.47. The van der Waals surface area contributed by atoms with E-state index in [9.17, 15) is 8.42 Å². The summed E-state index contributed by atoms with van der Waals surface area (Å²) in [6.45, 7) is 5.04. The molecule has 3 N–H and O–H groups in total. The Labute approximate surface area is 78.1 Å². The Morgan fingerprint density at radius 2 is 2.15 bits per heavy atom. The first-order valence-corrected chi connectivity index (χ1v) is 5.34. The highest BCUT2D eigenvalue weighted by atomic mass is 32.2. The predicted octanol–water partition coefficient (Wildman–Crippen LogP) is -0.0599. The van der Waals surface area contributed by atoms with Gasteiger partial charge in [0.15, 0.2) is 0 Å². The Morgan fingerprint density at radius 1 is 1.62 bits per heavy atom. The number of amidine groups is 1. The summed E-state index contributed by atoms with van der Waals surface area (Å²) in [5.41, 5.74) is 5.78. The summed E-state index contributed by atoms with van der Waals surface area (Å²) in [7, 11) is -3.31. The number of hydrogen-bond donors (Lipinski definition) is 2. The number of sulfonamides is 1. The third kappa shape index (κ3) is 7.07. The Bertz CT molecular complexity index is 337. The summed E-state index contributed by atoms with van der Waals surface area (Å²) >= 11 is 0. The number of allylic oxidation sites excluding steroid dienone is 1. The molecule has 0 unspecified atom stereocenters. The van der Waals surface area contributed by atoms with Crippen molar-refractivity contribution in [2.45, 2.75) is 6.92 Å². The zero-order valence-electron chi connectivity index (χ0n) is 7.61. The van der Waals surface area contributed by atoms with Crippen LogP contribution in [0, 0.1) is 0 Å². The van der Waals surface area contributed by atoms with E-state index in [1.54, 1.807) is 6.92 Å². The zero-order valence-corrected chi connectivity index (χ0v) is 8.43. The second kappa shape index (κ2) is 4.66. The van der Waals surface area contributed by atoms with E-state index in [0.717, 1.165) is 6.26 Å². The van der Waals surface area contributed by atoms with E-state index in [4.69, 9.17) is 5.73 Å². The smallest absolute Gasteiger partial charge is 0.230 e. The lowest BCUT2D eigenvalue weighted by molar-refractivity contribution is 0.598. The van der Waals surface area contributed by atoms with Gasteiger partial charge >= 0.3 is 0 Å². The van der Waals surface area contributed by atoms with Crippen LogP contribution in [0.3, 0.4) is 0 Å². The Hall–Kier alpha value is -1.30. The van der Waals surface area contributed by atoms with Crippen molar-refractivity contribution in [3.63, 3.8) is 0 Å². The van der Waals surface area contributed by atoms with Gasteiger partial charge in [-0.15, -0.1) is 0 Å². The van der Waals surface area contributed by atoms with Crippen LogP contribution in [0.5, 0.6) is 0 Å². The normalized spacial score (nSPS) is 14.0. The van der Waals surface area contributed by atoms with Gasteiger partial charge < -0.3 is 5.73 Å². The molecule has 0 spiro atoms. The molecule has 5 nitrogen and oxygen atoms in total. The average Bonchev–Trinajstić information content (AvgIpc) is 1.95. The van der Waals surface area contributed by atoms with Crippen molar-refractivity contribution in [2.24, 2.45) is 10.7 Å². The van der Waals surface area contributed by atoms with Gasteiger partial charge in [0.25, 0.3) is 0 Å². The summed E-state index contributed by atoms with van der Waals surface area (Å²) in [6, 6.07) is 0. The van der Waals surface area contributed by atoms with Crippen LogP contribution in [-0.4, -0.2) is 20.5 Å². The van der Waals surface area contributed by atoms with Crippen LogP contribution in [0.2, 0.25) is 0 Å². The quantitative estimate of drug-likeness (QED) is 0.498. The molecule has 0 bridgehead atoms. The molecule has 0 aliphatic carbocycles. The fraction of sp³-hybridized carbons (Fsp3) is 0.286. The van der Waals surface area contributed by atoms with Crippen LogP contribution in [0.15, 0.2) is 29.5 Å². The van der Waals surface area contributed by atoms with Gasteiger partial charge in [0.2, 0.25) is 10.0 Å². The molecule has 0 heterocycles. The Morgan fingerprint density at radius 3 is 2.46 bits per heavy atom. The molecule has 0 aliphatic heterocycles. The van der Waals surface area contributed by atoms with Crippen LogP contribution in [0.25, 0.3) is 0 Å². The van der Waals surface area contributed by atoms with Gasteiger partial charge in [-0.25, -0.2) is 13.4 Å². The standard InChI is InChI=1S/C7H13N3O2S/c1-4-7(9-5-6(2)8)10-13(3,11)12/h4-5H,1,8H2,2-3H3,(H,9,10)/b6-5-. The van der Waals surface area contributed by atoms with E-state index in [0.29, 0.717) is 5.70 Å². The van der Waals surface area contributed by atoms with Gasteiger partial charge in [-0.1, -0.05) is 6.58 Å². The molecule has 74 valence electrons. The van der Waals surface area contributed by atoms with Crippen LogP contribution < -0.4 is 10.5 Å². The average molecular weight is 203 g/mol. The molecule has 0 amide bonds. The highest BCUT2D eigenvalue weighted by Crippen LogP contribution is 1.85. The number of rotatable bonds is 3. The van der Waals surface area contributed by atoms with E-state index >= 15 is 0 Å². The summed E-state index contributed by atoms with van der Waals surface area (Å²) < 4.78 is 23.7. The van der Waals surface area contributed by atoms with Gasteiger partial charge in [-0.2, -0.15) is 0 Å². The summed E-state index contributed by atoms with van der Waals surface area (Å²) in [5.74, 6) is 0.146. The molecule has 0 aromatic rings. The maximum atomic E-state index is 10.8. The molecule has 0 radical (unpaired) electrons. The molecule has 0 saturated carbocycles. The highest BCUT2D eigenvalue weighted by molar-refractivity contribution is 7.89. The van der Waals surface area contributed by atoms with Gasteiger partial charge in [0.1, 0.15) is 5.84 Å². The van der Waals surface area contributed by atoms with Crippen molar-refractivity contribution in [1.82, 2.24) is 4.72 Å². The summed E-state index contributed by atoms with van der Waals surface area (Å²) in [6.07, 6.45) is 3.67. The first-order valence-electron chi connectivity index (χ1n) is 3.45. The minimum absolute atomic E-state index is 0.146. The first-order chi connectivity index (χ1) is 5.85. The van der Waals surface area contributed by atoms with Gasteiger partial charge in [-0.3, -0.25) is 4.72 Å². The van der Waals surface area contributed by atoms with Crippen LogP contribution in [0.1, 0.15) is 6.92 Å². The van der Waals surface area contributed by atoms with Gasteiger partial charge in [0, 0.05) is 11.9 Å². The fourth-order valence-electron chi connectivity index (χ4n) is 0.482. The monoisotopic (exact) mass is 203 g/mol. The molecule has 0 fully saturated rings. The van der Waals surface area contributed by atoms with E-state index in [2.05, 4.69) is 16.3 Å². The van der Waals surface area contributed by atoms with Crippen molar-refractivity contribution < 1.29 is 8.42 Å². The van der Waals surface area contributed by atoms with Crippen molar-refractivity contribution >= 4 is 15.9 Å². The lowest BCUT2D eigenvalue weighted by Gasteiger charge is -2.00. The van der Waals surface area contributed by atoms with E-state index in [1.807, 2.05) is 0 Å². The van der Waals surface area contributed by atoms with Crippen molar-refractivity contribution in [3.8, 4) is 0 Å². The van der Waals surface area contributed by atoms with Crippen molar-refractivity contribution in [2.75, 3.05) is 6.26 Å². The maximum absolute atomic E-state index is 10.8. The Kier molecular flexibility index (Phi) is 4.19. The lowest BCUT2D eigenvalue weighted by Crippen LogP contribution is -2.27. The second-order valence-corrected chi connectivity index (χ2v) is 4.21. The molecule has 0 aromatic carbocycles. The minimum atomic E-state index is -3.31. The Balaban J connectivity index is 4.64. The first kappa shape index (κ1) is 11.7. The molecule has 0 saturated heterocycles. The topological polar surface area (TPSA) is 84.5 Å². The second-order valence-electron chi connectivity index (χ2n) is 2.47. The number of nitrogens with one attached hydrogen (secondary N) is 1. The van der Waals surface area contributed by atoms with Crippen LogP contribution in [0.4, 0.5) is 0 Å². The number of nitrogens with zero attached hydrogens (tertiary/aromatic N) is 1. The number of aliphatic imine (C=N–C) groups is 1. The highest BCUT2D eigenvalue weighted by Gasteiger charge is 2.01. The molecule has 0 atom stereocenters. The largest absolute Gasteiger partial charge is 0.401 e.